The van der Waals surface area contributed by atoms with Gasteiger partial charge in [0, 0.05) is 0 Å². The Morgan fingerprint density at radius 2 is 1.93 bits per heavy atom. The normalized spacial score (nSPS) is 20.1. The van der Waals surface area contributed by atoms with Gasteiger partial charge in [-0.15, -0.1) is 0 Å². The number of carbonyl (C=O) groups is 1. The molecule has 1 unspecified atom stereocenters. The van der Waals surface area contributed by atoms with Gasteiger partial charge in [0.15, 0.2) is 0 Å². The maximum absolute atomic E-state index is 11.5. The molecule has 2 rings (SSSR count). The van der Waals surface area contributed by atoms with Crippen LogP contribution in [0.15, 0.2) is 17.0 Å². The summed E-state index contributed by atoms with van der Waals surface area (Å²) < 4.78 is 11.5. The van der Waals surface area contributed by atoms with E-state index < -0.39 is 10.8 Å². The highest BCUT2D eigenvalue weighted by Gasteiger charge is 2.22. The van der Waals surface area contributed by atoms with Crippen molar-refractivity contribution in [1.82, 2.24) is 0 Å². The van der Waals surface area contributed by atoms with Crippen LogP contribution in [0.2, 0.25) is 10.0 Å². The van der Waals surface area contributed by atoms with Gasteiger partial charge in [-0.2, -0.15) is 0 Å². The standard InChI is InChI=1S/C8H5Cl2NO2S/c9-4-1-6-7(2-5(4)10)14(13)3-8(12)11-6/h1-2H,3H2,(H,11,12). The maximum atomic E-state index is 11.5. The summed E-state index contributed by atoms with van der Waals surface area (Å²) in [6, 6.07) is 3.03. The fraction of sp³-hybridized carbons (Fsp3) is 0.125. The third-order valence-electron chi connectivity index (χ3n) is 1.80. The third kappa shape index (κ3) is 1.65. The molecule has 1 aromatic carbocycles. The molecule has 6 heteroatoms. The Bertz CT molecular complexity index is 447. The molecule has 0 saturated heterocycles. The molecule has 1 atom stereocenters. The molecule has 14 heavy (non-hydrogen) atoms. The summed E-state index contributed by atoms with van der Waals surface area (Å²) >= 11 is 11.5. The molecule has 0 bridgehead atoms. The lowest BCUT2D eigenvalue weighted by Crippen LogP contribution is -2.25. The highest BCUT2D eigenvalue weighted by molar-refractivity contribution is 7.86. The minimum absolute atomic E-state index is 0.0229. The molecule has 0 fully saturated rings. The molecule has 0 radical (unpaired) electrons. The Hall–Kier alpha value is -0.580. The quantitative estimate of drug-likeness (QED) is 0.765. The van der Waals surface area contributed by atoms with E-state index in [1.807, 2.05) is 0 Å². The fourth-order valence-corrected chi connectivity index (χ4v) is 2.66. The van der Waals surface area contributed by atoms with Gasteiger partial charge < -0.3 is 5.32 Å². The van der Waals surface area contributed by atoms with E-state index in [4.69, 9.17) is 23.2 Å². The Morgan fingerprint density at radius 3 is 2.64 bits per heavy atom. The van der Waals surface area contributed by atoms with Gasteiger partial charge in [-0.05, 0) is 12.1 Å². The molecular weight excluding hydrogens is 245 g/mol. The van der Waals surface area contributed by atoms with Crippen molar-refractivity contribution in [3.8, 4) is 0 Å². The van der Waals surface area contributed by atoms with E-state index in [-0.39, 0.29) is 11.7 Å². The number of benzene rings is 1. The van der Waals surface area contributed by atoms with Crippen LogP contribution in [0.1, 0.15) is 0 Å². The van der Waals surface area contributed by atoms with Crippen LogP contribution in [0.3, 0.4) is 0 Å². The molecule has 74 valence electrons. The van der Waals surface area contributed by atoms with Crippen molar-refractivity contribution in [1.29, 1.82) is 0 Å². The van der Waals surface area contributed by atoms with Gasteiger partial charge in [-0.25, -0.2) is 0 Å². The number of hydrogen-bond donors (Lipinski definition) is 1. The van der Waals surface area contributed by atoms with Crippen molar-refractivity contribution in [2.45, 2.75) is 4.90 Å². The third-order valence-corrected chi connectivity index (χ3v) is 3.88. The van der Waals surface area contributed by atoms with E-state index in [1.165, 1.54) is 12.1 Å². The topological polar surface area (TPSA) is 46.2 Å². The van der Waals surface area contributed by atoms with Gasteiger partial charge in [-0.3, -0.25) is 9.00 Å². The first-order valence-corrected chi connectivity index (χ1v) is 5.82. The molecule has 0 saturated carbocycles. The van der Waals surface area contributed by atoms with Crippen LogP contribution in [-0.2, 0) is 15.6 Å². The zero-order chi connectivity index (χ0) is 10.3. The predicted octanol–water partition coefficient (Wildman–Crippen LogP) is 2.05. The van der Waals surface area contributed by atoms with Gasteiger partial charge in [0.25, 0.3) is 0 Å². The first kappa shape index (κ1) is 9.96. The summed E-state index contributed by atoms with van der Waals surface area (Å²) in [4.78, 5) is 11.6. The number of halogens is 2. The molecule has 1 heterocycles. The second-order valence-corrected chi connectivity index (χ2v) is 5.03. The lowest BCUT2D eigenvalue weighted by atomic mass is 10.3. The molecule has 0 spiro atoms. The summed E-state index contributed by atoms with van der Waals surface area (Å²) in [5.41, 5.74) is 0.481. The van der Waals surface area contributed by atoms with Gasteiger partial charge in [0.2, 0.25) is 5.91 Å². The zero-order valence-electron chi connectivity index (χ0n) is 6.84. The number of amides is 1. The van der Waals surface area contributed by atoms with Crippen LogP contribution in [0.4, 0.5) is 5.69 Å². The smallest absolute Gasteiger partial charge is 0.237 e. The van der Waals surface area contributed by atoms with Crippen molar-refractivity contribution in [3.63, 3.8) is 0 Å². The van der Waals surface area contributed by atoms with E-state index in [0.29, 0.717) is 20.6 Å². The molecule has 1 aromatic rings. The number of fused-ring (bicyclic) bond motifs is 1. The van der Waals surface area contributed by atoms with Crippen molar-refractivity contribution in [2.75, 3.05) is 11.1 Å². The lowest BCUT2D eigenvalue weighted by molar-refractivity contribution is -0.113. The molecule has 0 aliphatic carbocycles. The van der Waals surface area contributed by atoms with Gasteiger partial charge in [-0.1, -0.05) is 23.2 Å². The van der Waals surface area contributed by atoms with E-state index in [1.54, 1.807) is 0 Å². The second-order valence-electron chi connectivity index (χ2n) is 2.80. The van der Waals surface area contributed by atoms with Crippen molar-refractivity contribution in [3.05, 3.63) is 22.2 Å². The molecule has 1 N–H and O–H groups in total. The molecule has 0 aromatic heterocycles. The average molecular weight is 250 g/mol. The second kappa shape index (κ2) is 3.53. The summed E-state index contributed by atoms with van der Waals surface area (Å²) in [7, 11) is -1.32. The summed E-state index contributed by atoms with van der Waals surface area (Å²) in [5.74, 6) is -0.292. The molecule has 1 aliphatic heterocycles. The molecule has 1 aliphatic rings. The minimum atomic E-state index is -1.32. The first-order valence-electron chi connectivity index (χ1n) is 3.75. The highest BCUT2D eigenvalue weighted by Crippen LogP contribution is 2.32. The number of rotatable bonds is 0. The maximum Gasteiger partial charge on any atom is 0.237 e. The summed E-state index contributed by atoms with van der Waals surface area (Å²) in [6.45, 7) is 0. The van der Waals surface area contributed by atoms with Crippen molar-refractivity contribution >= 4 is 45.6 Å². The number of hydrogen-bond acceptors (Lipinski definition) is 2. The predicted molar refractivity (Wildman–Crippen MR) is 56.4 cm³/mol. The summed E-state index contributed by atoms with van der Waals surface area (Å²) in [6.07, 6.45) is 0. The van der Waals surface area contributed by atoms with Crippen LogP contribution in [0.5, 0.6) is 0 Å². The zero-order valence-corrected chi connectivity index (χ0v) is 9.17. The minimum Gasteiger partial charge on any atom is -0.324 e. The van der Waals surface area contributed by atoms with E-state index in [2.05, 4.69) is 5.32 Å². The Kier molecular flexibility index (Phi) is 2.51. The van der Waals surface area contributed by atoms with Crippen molar-refractivity contribution in [2.24, 2.45) is 0 Å². The fourth-order valence-electron chi connectivity index (χ4n) is 1.20. The van der Waals surface area contributed by atoms with Crippen LogP contribution in [0, 0.1) is 0 Å². The number of nitrogens with one attached hydrogen (secondary N) is 1. The largest absolute Gasteiger partial charge is 0.324 e. The van der Waals surface area contributed by atoms with E-state index in [9.17, 15) is 9.00 Å². The molecule has 1 amide bonds. The Balaban J connectivity index is 2.60. The van der Waals surface area contributed by atoms with Crippen molar-refractivity contribution < 1.29 is 9.00 Å². The SMILES string of the molecule is O=C1CS(=O)c2cc(Cl)c(Cl)cc2N1. The van der Waals surface area contributed by atoms with Gasteiger partial charge in [0.1, 0.15) is 5.75 Å². The monoisotopic (exact) mass is 249 g/mol. The highest BCUT2D eigenvalue weighted by atomic mass is 35.5. The van der Waals surface area contributed by atoms with Gasteiger partial charge in [0.05, 0.1) is 31.4 Å². The Morgan fingerprint density at radius 1 is 1.29 bits per heavy atom. The van der Waals surface area contributed by atoms with Crippen LogP contribution in [-0.4, -0.2) is 15.9 Å². The first-order chi connectivity index (χ1) is 6.58. The molecule has 3 nitrogen and oxygen atoms in total. The lowest BCUT2D eigenvalue weighted by Gasteiger charge is -2.16. The van der Waals surface area contributed by atoms with Crippen LogP contribution in [0.25, 0.3) is 0 Å². The van der Waals surface area contributed by atoms with E-state index in [0.717, 1.165) is 0 Å². The number of anilines is 1. The number of carbonyl (C=O) groups excluding carboxylic acids is 1. The Labute approximate surface area is 92.8 Å². The van der Waals surface area contributed by atoms with Gasteiger partial charge >= 0.3 is 0 Å². The summed E-state index contributed by atoms with van der Waals surface area (Å²) in [5, 5.41) is 3.26. The molecular formula is C8H5Cl2NO2S. The van der Waals surface area contributed by atoms with Crippen LogP contribution < -0.4 is 5.32 Å². The average Bonchev–Trinajstić information content (AvgIpc) is 2.08. The van der Waals surface area contributed by atoms with E-state index >= 15 is 0 Å². The van der Waals surface area contributed by atoms with Crippen LogP contribution >= 0.6 is 23.2 Å².